The zero-order valence-corrected chi connectivity index (χ0v) is 24.4. The molecule has 0 amide bonds. The molecule has 1 aliphatic rings. The Bertz CT molecular complexity index is 2370. The Morgan fingerprint density at radius 3 is 2.07 bits per heavy atom. The van der Waals surface area contributed by atoms with Crippen LogP contribution in [0.4, 0.5) is 0 Å². The molecular formula is C42H29NO. The second-order valence-electron chi connectivity index (χ2n) is 11.7. The van der Waals surface area contributed by atoms with Gasteiger partial charge in [-0.3, -0.25) is 0 Å². The van der Waals surface area contributed by atoms with Crippen molar-refractivity contribution in [2.24, 2.45) is 0 Å². The van der Waals surface area contributed by atoms with Gasteiger partial charge in [-0.25, -0.2) is 0 Å². The molecule has 0 bridgehead atoms. The Morgan fingerprint density at radius 2 is 1.18 bits per heavy atom. The quantitative estimate of drug-likeness (QED) is 0.208. The van der Waals surface area contributed by atoms with E-state index >= 15 is 0 Å². The molecule has 7 aromatic carbocycles. The van der Waals surface area contributed by atoms with Crippen LogP contribution >= 0.6 is 0 Å². The van der Waals surface area contributed by atoms with Gasteiger partial charge in [0.25, 0.3) is 0 Å². The monoisotopic (exact) mass is 563 g/mol. The molecule has 1 unspecified atom stereocenters. The highest BCUT2D eigenvalue weighted by molar-refractivity contribution is 6.11. The lowest BCUT2D eigenvalue weighted by molar-refractivity contribution is 0.414. The van der Waals surface area contributed by atoms with Crippen molar-refractivity contribution in [3.8, 4) is 33.7 Å². The fraction of sp³-hybridized carbons (Fsp3) is 0.0476. The average Bonchev–Trinajstić information content (AvgIpc) is 3.60. The van der Waals surface area contributed by atoms with E-state index in [4.69, 9.17) is 4.74 Å². The van der Waals surface area contributed by atoms with Crippen molar-refractivity contribution < 1.29 is 4.74 Å². The molecule has 0 aliphatic heterocycles. The molecule has 9 rings (SSSR count). The molecule has 1 atom stereocenters. The molecule has 0 N–H and O–H groups in total. The van der Waals surface area contributed by atoms with Crippen LogP contribution in [-0.2, 0) is 0 Å². The van der Waals surface area contributed by atoms with Crippen LogP contribution in [0.2, 0.25) is 0 Å². The summed E-state index contributed by atoms with van der Waals surface area (Å²) in [6, 6.07) is 55.4. The molecule has 208 valence electrons. The van der Waals surface area contributed by atoms with E-state index in [1.165, 1.54) is 77.2 Å². The maximum Gasteiger partial charge on any atom is 0.118 e. The van der Waals surface area contributed by atoms with Gasteiger partial charge < -0.3 is 9.30 Å². The zero-order valence-electron chi connectivity index (χ0n) is 24.4. The van der Waals surface area contributed by atoms with Crippen molar-refractivity contribution in [2.75, 3.05) is 7.11 Å². The lowest BCUT2D eigenvalue weighted by Gasteiger charge is -2.15. The van der Waals surface area contributed by atoms with Crippen LogP contribution < -0.4 is 4.74 Å². The van der Waals surface area contributed by atoms with Crippen molar-refractivity contribution in [1.29, 1.82) is 0 Å². The van der Waals surface area contributed by atoms with E-state index in [0.717, 1.165) is 5.75 Å². The number of rotatable bonds is 4. The molecule has 0 radical (unpaired) electrons. The van der Waals surface area contributed by atoms with E-state index in [0.29, 0.717) is 0 Å². The van der Waals surface area contributed by atoms with E-state index in [-0.39, 0.29) is 5.92 Å². The molecule has 0 fully saturated rings. The molecule has 0 spiro atoms. The third-order valence-corrected chi connectivity index (χ3v) is 9.39. The van der Waals surface area contributed by atoms with Gasteiger partial charge in [0.05, 0.1) is 23.8 Å². The summed E-state index contributed by atoms with van der Waals surface area (Å²) in [7, 11) is 1.72. The second-order valence-corrected chi connectivity index (χ2v) is 11.7. The van der Waals surface area contributed by atoms with Gasteiger partial charge in [-0.15, -0.1) is 0 Å². The minimum absolute atomic E-state index is 0.210. The molecular weight excluding hydrogens is 534 g/mol. The fourth-order valence-electron chi connectivity index (χ4n) is 7.35. The lowest BCUT2D eigenvalue weighted by atomic mass is 9.89. The molecule has 1 aromatic heterocycles. The minimum Gasteiger partial charge on any atom is -0.497 e. The van der Waals surface area contributed by atoms with Crippen molar-refractivity contribution in [3.05, 3.63) is 168 Å². The number of hydrogen-bond donors (Lipinski definition) is 0. The Morgan fingerprint density at radius 1 is 0.500 bits per heavy atom. The van der Waals surface area contributed by atoms with Crippen molar-refractivity contribution in [2.45, 2.75) is 5.92 Å². The summed E-state index contributed by atoms with van der Waals surface area (Å²) >= 11 is 0. The van der Waals surface area contributed by atoms with Gasteiger partial charge in [0, 0.05) is 22.1 Å². The van der Waals surface area contributed by atoms with Crippen LogP contribution in [0.25, 0.3) is 60.5 Å². The zero-order chi connectivity index (χ0) is 29.2. The predicted molar refractivity (Wildman–Crippen MR) is 183 cm³/mol. The smallest absolute Gasteiger partial charge is 0.118 e. The van der Waals surface area contributed by atoms with Gasteiger partial charge in [0.2, 0.25) is 0 Å². The number of fused-ring (bicyclic) bond motifs is 7. The van der Waals surface area contributed by atoms with Gasteiger partial charge in [-0.2, -0.15) is 0 Å². The van der Waals surface area contributed by atoms with Gasteiger partial charge in [0.1, 0.15) is 5.75 Å². The van der Waals surface area contributed by atoms with Crippen molar-refractivity contribution in [3.63, 3.8) is 0 Å². The van der Waals surface area contributed by atoms with Crippen LogP contribution in [0.3, 0.4) is 0 Å². The summed E-state index contributed by atoms with van der Waals surface area (Å²) in [5.74, 6) is 1.09. The lowest BCUT2D eigenvalue weighted by Crippen LogP contribution is -1.99. The number of para-hydroxylation sites is 1. The summed E-state index contributed by atoms with van der Waals surface area (Å²) in [5, 5.41) is 5.04. The van der Waals surface area contributed by atoms with Crippen LogP contribution in [0.15, 0.2) is 152 Å². The van der Waals surface area contributed by atoms with E-state index in [2.05, 4.69) is 156 Å². The van der Waals surface area contributed by atoms with Crippen LogP contribution in [0.5, 0.6) is 5.75 Å². The third kappa shape index (κ3) is 3.68. The van der Waals surface area contributed by atoms with E-state index in [1.807, 2.05) is 0 Å². The van der Waals surface area contributed by atoms with E-state index in [1.54, 1.807) is 7.11 Å². The summed E-state index contributed by atoms with van der Waals surface area (Å²) in [5.41, 5.74) is 12.7. The Labute approximate surface area is 256 Å². The number of hydrogen-bond acceptors (Lipinski definition) is 1. The summed E-state index contributed by atoms with van der Waals surface area (Å²) in [6.07, 6.45) is 0. The van der Waals surface area contributed by atoms with Gasteiger partial charge in [-0.1, -0.05) is 109 Å². The molecule has 2 heteroatoms. The normalized spacial score (nSPS) is 13.8. The first kappa shape index (κ1) is 24.9. The maximum absolute atomic E-state index is 5.44. The standard InChI is InChI=1S/C42H29NO/c1-44-31-21-17-28(18-22-31)42-35-14-5-4-12-33(35)37-25-29(19-23-36(37)42)30-20-24-41-38(26-30)34-13-6-7-15-40(34)43(41)39-16-8-10-27-9-2-3-11-32(27)39/h2-26,42H,1H3. The number of nitrogens with zero attached hydrogens (tertiary/aromatic N) is 1. The largest absolute Gasteiger partial charge is 0.497 e. The molecule has 44 heavy (non-hydrogen) atoms. The molecule has 0 saturated carbocycles. The summed E-state index contributed by atoms with van der Waals surface area (Å²) in [4.78, 5) is 0. The SMILES string of the molecule is COc1ccc(C2c3ccccc3-c3cc(-c4ccc5c(c4)c4ccccc4n5-c4cccc5ccccc45)ccc32)cc1. The predicted octanol–water partition coefficient (Wildman–Crippen LogP) is 10.8. The number of benzene rings is 7. The van der Waals surface area contributed by atoms with E-state index in [9.17, 15) is 0 Å². The van der Waals surface area contributed by atoms with Crippen molar-refractivity contribution >= 4 is 32.6 Å². The number of aromatic nitrogens is 1. The Hall–Kier alpha value is -5.60. The topological polar surface area (TPSA) is 14.2 Å². The number of ether oxygens (including phenoxy) is 1. The second kappa shape index (κ2) is 9.72. The van der Waals surface area contributed by atoms with E-state index < -0.39 is 0 Å². The average molecular weight is 564 g/mol. The van der Waals surface area contributed by atoms with Crippen molar-refractivity contribution in [1.82, 2.24) is 4.57 Å². The summed E-state index contributed by atoms with van der Waals surface area (Å²) in [6.45, 7) is 0. The van der Waals surface area contributed by atoms with Gasteiger partial charge >= 0.3 is 0 Å². The Balaban J connectivity index is 1.21. The molecule has 2 nitrogen and oxygen atoms in total. The first-order chi connectivity index (χ1) is 21.8. The van der Waals surface area contributed by atoms with Crippen LogP contribution in [0.1, 0.15) is 22.6 Å². The minimum atomic E-state index is 0.210. The highest BCUT2D eigenvalue weighted by Gasteiger charge is 2.30. The molecule has 1 heterocycles. The van der Waals surface area contributed by atoms with Gasteiger partial charge in [-0.05, 0) is 86.8 Å². The maximum atomic E-state index is 5.44. The molecule has 1 aliphatic carbocycles. The first-order valence-corrected chi connectivity index (χ1v) is 15.2. The van der Waals surface area contributed by atoms with Crippen LogP contribution in [-0.4, -0.2) is 11.7 Å². The highest BCUT2D eigenvalue weighted by atomic mass is 16.5. The van der Waals surface area contributed by atoms with Crippen LogP contribution in [0, 0.1) is 0 Å². The summed E-state index contributed by atoms with van der Waals surface area (Å²) < 4.78 is 7.86. The fourth-order valence-corrected chi connectivity index (χ4v) is 7.35. The highest BCUT2D eigenvalue weighted by Crippen LogP contribution is 2.49. The third-order valence-electron chi connectivity index (χ3n) is 9.39. The van der Waals surface area contributed by atoms with Gasteiger partial charge in [0.15, 0.2) is 0 Å². The molecule has 0 saturated heterocycles. The number of methoxy groups -OCH3 is 1. The Kier molecular flexibility index (Phi) is 5.51. The first-order valence-electron chi connectivity index (χ1n) is 15.2. The molecule has 8 aromatic rings.